The predicted octanol–water partition coefficient (Wildman–Crippen LogP) is 3.00. The summed E-state index contributed by atoms with van der Waals surface area (Å²) in [4.78, 5) is 0. The maximum Gasteiger partial charge on any atom is 0.123 e. The van der Waals surface area contributed by atoms with Crippen LogP contribution >= 0.6 is 0 Å². The van der Waals surface area contributed by atoms with Crippen LogP contribution in [0.2, 0.25) is 0 Å². The van der Waals surface area contributed by atoms with Crippen molar-refractivity contribution in [3.8, 4) is 0 Å². The molecular weight excluding hydrogens is 189 g/mol. The molecule has 1 aromatic rings. The number of rotatable bonds is 5. The van der Waals surface area contributed by atoms with Crippen molar-refractivity contribution in [3.05, 3.63) is 35.6 Å². The second kappa shape index (κ2) is 5.86. The Morgan fingerprint density at radius 2 is 1.87 bits per heavy atom. The topological polar surface area (TPSA) is 12.0 Å². The Balaban J connectivity index is 2.62. The van der Waals surface area contributed by atoms with E-state index in [1.165, 1.54) is 17.7 Å². The van der Waals surface area contributed by atoms with Crippen LogP contribution in [0.25, 0.3) is 0 Å². The Bertz CT molecular complexity index is 281. The van der Waals surface area contributed by atoms with E-state index in [9.17, 15) is 4.39 Å². The minimum atomic E-state index is -0.159. The largest absolute Gasteiger partial charge is 0.317 e. The third-order valence-electron chi connectivity index (χ3n) is 3.10. The van der Waals surface area contributed by atoms with Crippen LogP contribution < -0.4 is 5.32 Å². The van der Waals surface area contributed by atoms with Crippen molar-refractivity contribution >= 4 is 0 Å². The second-order valence-corrected chi connectivity index (χ2v) is 4.08. The van der Waals surface area contributed by atoms with Crippen molar-refractivity contribution < 1.29 is 4.39 Å². The number of halogens is 1. The molecule has 2 unspecified atom stereocenters. The Morgan fingerprint density at radius 3 is 2.33 bits per heavy atom. The summed E-state index contributed by atoms with van der Waals surface area (Å²) in [5.41, 5.74) is 1.21. The summed E-state index contributed by atoms with van der Waals surface area (Å²) >= 11 is 0. The Hall–Kier alpha value is -0.890. The molecular formula is C13H20FN. The number of hydrogen-bond acceptors (Lipinski definition) is 1. The third kappa shape index (κ3) is 3.63. The van der Waals surface area contributed by atoms with Gasteiger partial charge in [-0.25, -0.2) is 4.39 Å². The van der Waals surface area contributed by atoms with E-state index < -0.39 is 0 Å². The maximum atomic E-state index is 12.7. The van der Waals surface area contributed by atoms with Gasteiger partial charge in [0.2, 0.25) is 0 Å². The molecule has 1 rings (SSSR count). The molecule has 1 N–H and O–H groups in total. The van der Waals surface area contributed by atoms with Gasteiger partial charge in [-0.3, -0.25) is 0 Å². The quantitative estimate of drug-likeness (QED) is 0.786. The zero-order valence-electron chi connectivity index (χ0n) is 9.76. The van der Waals surface area contributed by atoms with E-state index in [1.807, 2.05) is 19.2 Å². The lowest BCUT2D eigenvalue weighted by atomic mass is 9.91. The molecule has 0 bridgehead atoms. The molecule has 0 heterocycles. The fraction of sp³-hybridized carbons (Fsp3) is 0.538. The van der Waals surface area contributed by atoms with E-state index >= 15 is 0 Å². The van der Waals surface area contributed by atoms with Crippen LogP contribution in [0.5, 0.6) is 0 Å². The van der Waals surface area contributed by atoms with Crippen molar-refractivity contribution in [2.45, 2.75) is 32.7 Å². The summed E-state index contributed by atoms with van der Waals surface area (Å²) in [6.07, 6.45) is 2.15. The number of nitrogens with one attached hydrogen (secondary N) is 1. The molecule has 0 radical (unpaired) electrons. The van der Waals surface area contributed by atoms with Crippen LogP contribution in [0.3, 0.4) is 0 Å². The van der Waals surface area contributed by atoms with Gasteiger partial charge in [0, 0.05) is 6.04 Å². The lowest BCUT2D eigenvalue weighted by Gasteiger charge is -2.22. The molecule has 0 saturated carbocycles. The van der Waals surface area contributed by atoms with Crippen LogP contribution in [-0.2, 0) is 6.42 Å². The minimum Gasteiger partial charge on any atom is -0.317 e. The monoisotopic (exact) mass is 209 g/mol. The fourth-order valence-electron chi connectivity index (χ4n) is 1.83. The van der Waals surface area contributed by atoms with Gasteiger partial charge in [0.05, 0.1) is 0 Å². The molecule has 15 heavy (non-hydrogen) atoms. The highest BCUT2D eigenvalue weighted by Crippen LogP contribution is 2.16. The van der Waals surface area contributed by atoms with Gasteiger partial charge in [0.1, 0.15) is 5.82 Å². The van der Waals surface area contributed by atoms with Gasteiger partial charge in [0.15, 0.2) is 0 Å². The molecule has 0 aliphatic carbocycles. The molecule has 2 heteroatoms. The molecule has 0 saturated heterocycles. The van der Waals surface area contributed by atoms with Crippen molar-refractivity contribution in [2.75, 3.05) is 7.05 Å². The van der Waals surface area contributed by atoms with Crippen molar-refractivity contribution in [2.24, 2.45) is 5.92 Å². The van der Waals surface area contributed by atoms with Gasteiger partial charge >= 0.3 is 0 Å². The molecule has 0 amide bonds. The van der Waals surface area contributed by atoms with Crippen LogP contribution in [0.1, 0.15) is 25.8 Å². The first-order chi connectivity index (χ1) is 7.17. The number of benzene rings is 1. The van der Waals surface area contributed by atoms with Crippen LogP contribution in [0.4, 0.5) is 4.39 Å². The van der Waals surface area contributed by atoms with Gasteiger partial charge in [-0.05, 0) is 44.0 Å². The van der Waals surface area contributed by atoms with Gasteiger partial charge in [-0.15, -0.1) is 0 Å². The lowest BCUT2D eigenvalue weighted by molar-refractivity contribution is 0.381. The maximum absolute atomic E-state index is 12.7. The SMILES string of the molecule is CCC(Cc1ccc(F)cc1)C(C)NC. The van der Waals surface area contributed by atoms with E-state index in [0.29, 0.717) is 12.0 Å². The standard InChI is InChI=1S/C13H20FN/c1-4-12(10(2)15-3)9-11-5-7-13(14)8-6-11/h5-8,10,12,15H,4,9H2,1-3H3. The van der Waals surface area contributed by atoms with E-state index in [4.69, 9.17) is 0 Å². The Kier molecular flexibility index (Phi) is 4.76. The highest BCUT2D eigenvalue weighted by atomic mass is 19.1. The molecule has 0 fully saturated rings. The zero-order valence-corrected chi connectivity index (χ0v) is 9.76. The molecule has 84 valence electrons. The van der Waals surface area contributed by atoms with Crippen LogP contribution in [0.15, 0.2) is 24.3 Å². The van der Waals surface area contributed by atoms with E-state index in [-0.39, 0.29) is 5.82 Å². The molecule has 1 nitrogen and oxygen atoms in total. The molecule has 0 spiro atoms. The molecule has 0 aliphatic heterocycles. The average Bonchev–Trinajstić information content (AvgIpc) is 2.27. The Morgan fingerprint density at radius 1 is 1.27 bits per heavy atom. The van der Waals surface area contributed by atoms with Gasteiger partial charge in [-0.2, -0.15) is 0 Å². The summed E-state index contributed by atoms with van der Waals surface area (Å²) in [5, 5.41) is 3.27. The lowest BCUT2D eigenvalue weighted by Crippen LogP contribution is -2.31. The highest BCUT2D eigenvalue weighted by molar-refractivity contribution is 5.16. The molecule has 1 aromatic carbocycles. The van der Waals surface area contributed by atoms with Gasteiger partial charge < -0.3 is 5.32 Å². The third-order valence-corrected chi connectivity index (χ3v) is 3.10. The van der Waals surface area contributed by atoms with Gasteiger partial charge in [0.25, 0.3) is 0 Å². The van der Waals surface area contributed by atoms with Crippen molar-refractivity contribution in [1.29, 1.82) is 0 Å². The molecule has 0 aromatic heterocycles. The summed E-state index contributed by atoms with van der Waals surface area (Å²) in [7, 11) is 1.98. The fourth-order valence-corrected chi connectivity index (χ4v) is 1.83. The smallest absolute Gasteiger partial charge is 0.123 e. The van der Waals surface area contributed by atoms with Gasteiger partial charge in [-0.1, -0.05) is 25.5 Å². The zero-order chi connectivity index (χ0) is 11.3. The summed E-state index contributed by atoms with van der Waals surface area (Å²) in [6.45, 7) is 4.39. The van der Waals surface area contributed by atoms with Crippen molar-refractivity contribution in [1.82, 2.24) is 5.32 Å². The second-order valence-electron chi connectivity index (χ2n) is 4.08. The number of hydrogen-bond donors (Lipinski definition) is 1. The summed E-state index contributed by atoms with van der Waals surface area (Å²) in [6, 6.07) is 7.32. The Labute approximate surface area is 91.7 Å². The first-order valence-electron chi connectivity index (χ1n) is 5.59. The minimum absolute atomic E-state index is 0.159. The summed E-state index contributed by atoms with van der Waals surface area (Å²) in [5.74, 6) is 0.453. The first-order valence-corrected chi connectivity index (χ1v) is 5.59. The summed E-state index contributed by atoms with van der Waals surface area (Å²) < 4.78 is 12.7. The molecule has 0 aliphatic rings. The van der Waals surface area contributed by atoms with E-state index in [0.717, 1.165) is 12.8 Å². The van der Waals surface area contributed by atoms with E-state index in [1.54, 1.807) is 0 Å². The van der Waals surface area contributed by atoms with Crippen LogP contribution in [0, 0.1) is 11.7 Å². The molecule has 2 atom stereocenters. The predicted molar refractivity (Wildman–Crippen MR) is 62.4 cm³/mol. The first kappa shape index (κ1) is 12.2. The van der Waals surface area contributed by atoms with Crippen molar-refractivity contribution in [3.63, 3.8) is 0 Å². The van der Waals surface area contributed by atoms with E-state index in [2.05, 4.69) is 19.2 Å². The normalized spacial score (nSPS) is 14.9. The van der Waals surface area contributed by atoms with Crippen LogP contribution in [-0.4, -0.2) is 13.1 Å². The average molecular weight is 209 g/mol. The highest BCUT2D eigenvalue weighted by Gasteiger charge is 2.13.